The average molecular weight is 316 g/mol. The number of aromatic nitrogens is 3. The van der Waals surface area contributed by atoms with Crippen LogP contribution in [0.25, 0.3) is 0 Å². The van der Waals surface area contributed by atoms with Crippen LogP contribution in [0.5, 0.6) is 0 Å². The lowest BCUT2D eigenvalue weighted by molar-refractivity contribution is -0.00603. The summed E-state index contributed by atoms with van der Waals surface area (Å²) in [6.45, 7) is 3.61. The van der Waals surface area contributed by atoms with Crippen LogP contribution >= 0.6 is 0 Å². The summed E-state index contributed by atoms with van der Waals surface area (Å²) < 4.78 is 10.7. The molecular weight excluding hydrogens is 296 g/mol. The minimum Gasteiger partial charge on any atom is -0.377 e. The van der Waals surface area contributed by atoms with Crippen molar-refractivity contribution in [1.82, 2.24) is 20.0 Å². The van der Waals surface area contributed by atoms with E-state index in [1.54, 1.807) is 24.7 Å². The van der Waals surface area contributed by atoms with Crippen molar-refractivity contribution >= 4 is 5.91 Å². The maximum absolute atomic E-state index is 12.7. The van der Waals surface area contributed by atoms with Crippen LogP contribution in [-0.2, 0) is 17.6 Å². The highest BCUT2D eigenvalue weighted by molar-refractivity contribution is 5.91. The van der Waals surface area contributed by atoms with Crippen LogP contribution in [0, 0.1) is 0 Å². The van der Waals surface area contributed by atoms with Gasteiger partial charge in [0.25, 0.3) is 5.91 Å². The Labute approximate surface area is 134 Å². The van der Waals surface area contributed by atoms with Gasteiger partial charge in [-0.05, 0) is 19.3 Å². The second kappa shape index (κ2) is 7.32. The fourth-order valence-electron chi connectivity index (χ4n) is 2.66. The smallest absolute Gasteiger partial charge is 0.292 e. The minimum absolute atomic E-state index is 0.00781. The van der Waals surface area contributed by atoms with E-state index in [-0.39, 0.29) is 11.9 Å². The summed E-state index contributed by atoms with van der Waals surface area (Å²) in [7, 11) is 0. The molecule has 2 aromatic heterocycles. The Balaban J connectivity index is 1.67. The van der Waals surface area contributed by atoms with E-state index >= 15 is 0 Å². The number of morpholine rings is 1. The molecule has 23 heavy (non-hydrogen) atoms. The van der Waals surface area contributed by atoms with E-state index in [1.807, 2.05) is 11.8 Å². The van der Waals surface area contributed by atoms with Gasteiger partial charge in [0.2, 0.25) is 5.76 Å². The van der Waals surface area contributed by atoms with Gasteiger partial charge < -0.3 is 14.2 Å². The second-order valence-corrected chi connectivity index (χ2v) is 5.50. The normalized spacial score (nSPS) is 18.1. The van der Waals surface area contributed by atoms with Gasteiger partial charge in [-0.3, -0.25) is 14.8 Å². The first-order valence-corrected chi connectivity index (χ1v) is 7.87. The van der Waals surface area contributed by atoms with Gasteiger partial charge in [-0.1, -0.05) is 12.1 Å². The van der Waals surface area contributed by atoms with Crippen molar-refractivity contribution in [3.63, 3.8) is 0 Å². The van der Waals surface area contributed by atoms with Crippen molar-refractivity contribution in [2.75, 3.05) is 19.8 Å². The Morgan fingerprint density at radius 1 is 1.39 bits per heavy atom. The molecule has 1 amide bonds. The molecule has 1 atom stereocenters. The molecule has 0 aliphatic carbocycles. The molecule has 0 N–H and O–H groups in total. The van der Waals surface area contributed by atoms with Crippen LogP contribution in [0.2, 0.25) is 0 Å². The Hall–Kier alpha value is -2.28. The third-order valence-corrected chi connectivity index (χ3v) is 3.97. The van der Waals surface area contributed by atoms with Crippen LogP contribution < -0.4 is 0 Å². The molecule has 1 fully saturated rings. The van der Waals surface area contributed by atoms with Crippen molar-refractivity contribution in [3.05, 3.63) is 41.8 Å². The van der Waals surface area contributed by atoms with E-state index in [2.05, 4.69) is 15.1 Å². The highest BCUT2D eigenvalue weighted by Crippen LogP contribution is 2.17. The van der Waals surface area contributed by atoms with E-state index in [4.69, 9.17) is 9.26 Å². The molecule has 0 bridgehead atoms. The van der Waals surface area contributed by atoms with E-state index in [0.29, 0.717) is 25.5 Å². The van der Waals surface area contributed by atoms with Gasteiger partial charge in [0, 0.05) is 31.2 Å². The summed E-state index contributed by atoms with van der Waals surface area (Å²) in [5, 5.41) is 3.90. The Morgan fingerprint density at radius 3 is 3.04 bits per heavy atom. The Morgan fingerprint density at radius 2 is 2.30 bits per heavy atom. The summed E-state index contributed by atoms with van der Waals surface area (Å²) >= 11 is 0. The maximum atomic E-state index is 12.7. The lowest BCUT2D eigenvalue weighted by Gasteiger charge is -2.35. The summed E-state index contributed by atoms with van der Waals surface area (Å²) in [4.78, 5) is 22.8. The number of rotatable bonds is 5. The maximum Gasteiger partial charge on any atom is 0.292 e. The van der Waals surface area contributed by atoms with Gasteiger partial charge in [-0.25, -0.2) is 0 Å². The van der Waals surface area contributed by atoms with Gasteiger partial charge in [0.1, 0.15) is 0 Å². The molecule has 3 rings (SSSR count). The van der Waals surface area contributed by atoms with Gasteiger partial charge in [-0.2, -0.15) is 0 Å². The highest BCUT2D eigenvalue weighted by atomic mass is 16.5. The van der Waals surface area contributed by atoms with E-state index in [1.165, 1.54) is 0 Å². The van der Waals surface area contributed by atoms with Gasteiger partial charge in [0.05, 0.1) is 30.6 Å². The third kappa shape index (κ3) is 3.73. The summed E-state index contributed by atoms with van der Waals surface area (Å²) in [6, 6.07) is 1.73. The number of carbonyl (C=O) groups is 1. The molecular formula is C16H20N4O3. The lowest BCUT2D eigenvalue weighted by atomic mass is 10.1. The number of aryl methyl sites for hydroxylation is 2. The lowest BCUT2D eigenvalue weighted by Crippen LogP contribution is -2.48. The van der Waals surface area contributed by atoms with Gasteiger partial charge in [-0.15, -0.1) is 0 Å². The fourth-order valence-corrected chi connectivity index (χ4v) is 2.66. The molecule has 1 saturated heterocycles. The summed E-state index contributed by atoms with van der Waals surface area (Å²) in [6.07, 6.45) is 7.35. The zero-order valence-electron chi connectivity index (χ0n) is 13.1. The van der Waals surface area contributed by atoms with Gasteiger partial charge >= 0.3 is 0 Å². The van der Waals surface area contributed by atoms with Crippen molar-refractivity contribution in [2.45, 2.75) is 32.2 Å². The van der Waals surface area contributed by atoms with E-state index in [0.717, 1.165) is 30.7 Å². The molecule has 0 radical (unpaired) electrons. The standard InChI is InChI=1S/C16H20N4O3/c1-2-12-9-15(23-19-12)16(21)20-7-8-22-11-14(20)4-3-13-10-17-5-6-18-13/h5-6,9-10,14H,2-4,7-8,11H2,1H3/t14-/m0/s1. The first-order chi connectivity index (χ1) is 11.3. The van der Waals surface area contributed by atoms with Crippen LogP contribution in [0.1, 0.15) is 35.3 Å². The van der Waals surface area contributed by atoms with E-state index < -0.39 is 0 Å². The van der Waals surface area contributed by atoms with Crippen molar-refractivity contribution in [2.24, 2.45) is 0 Å². The van der Waals surface area contributed by atoms with Crippen LogP contribution in [-0.4, -0.2) is 51.7 Å². The highest BCUT2D eigenvalue weighted by Gasteiger charge is 2.30. The SMILES string of the molecule is CCc1cc(C(=O)N2CCOC[C@@H]2CCc2cnccn2)on1. The number of hydrogen-bond acceptors (Lipinski definition) is 6. The molecule has 122 valence electrons. The largest absolute Gasteiger partial charge is 0.377 e. The molecule has 7 nitrogen and oxygen atoms in total. The molecule has 7 heteroatoms. The van der Waals surface area contributed by atoms with Crippen LogP contribution in [0.3, 0.4) is 0 Å². The number of hydrogen-bond donors (Lipinski definition) is 0. The molecule has 0 saturated carbocycles. The van der Waals surface area contributed by atoms with Crippen molar-refractivity contribution < 1.29 is 14.1 Å². The monoisotopic (exact) mass is 316 g/mol. The topological polar surface area (TPSA) is 81.4 Å². The van der Waals surface area contributed by atoms with Gasteiger partial charge in [0.15, 0.2) is 0 Å². The summed E-state index contributed by atoms with van der Waals surface area (Å²) in [5.41, 5.74) is 1.70. The third-order valence-electron chi connectivity index (χ3n) is 3.97. The number of carbonyl (C=O) groups excluding carboxylic acids is 1. The van der Waals surface area contributed by atoms with Crippen LogP contribution in [0.4, 0.5) is 0 Å². The zero-order chi connectivity index (χ0) is 16.1. The molecule has 1 aliphatic heterocycles. The molecule has 0 aromatic carbocycles. The molecule has 2 aromatic rings. The van der Waals surface area contributed by atoms with Crippen molar-refractivity contribution in [1.29, 1.82) is 0 Å². The molecule has 0 spiro atoms. The number of amides is 1. The fraction of sp³-hybridized carbons (Fsp3) is 0.500. The Bertz CT molecular complexity index is 644. The summed E-state index contributed by atoms with van der Waals surface area (Å²) in [5.74, 6) is 0.179. The predicted octanol–water partition coefficient (Wildman–Crippen LogP) is 1.50. The van der Waals surface area contributed by atoms with Crippen molar-refractivity contribution in [3.8, 4) is 0 Å². The second-order valence-electron chi connectivity index (χ2n) is 5.50. The minimum atomic E-state index is -0.121. The molecule has 0 unspecified atom stereocenters. The quantitative estimate of drug-likeness (QED) is 0.831. The zero-order valence-corrected chi connectivity index (χ0v) is 13.1. The number of ether oxygens (including phenoxy) is 1. The number of nitrogens with zero attached hydrogens (tertiary/aromatic N) is 4. The Kier molecular flexibility index (Phi) is 4.97. The first kappa shape index (κ1) is 15.6. The average Bonchev–Trinajstić information content (AvgIpc) is 3.10. The van der Waals surface area contributed by atoms with E-state index in [9.17, 15) is 4.79 Å². The molecule has 3 heterocycles. The van der Waals surface area contributed by atoms with Crippen LogP contribution in [0.15, 0.2) is 29.2 Å². The predicted molar refractivity (Wildman–Crippen MR) is 81.9 cm³/mol. The first-order valence-electron chi connectivity index (χ1n) is 7.87. The molecule has 1 aliphatic rings.